The lowest BCUT2D eigenvalue weighted by Crippen LogP contribution is -2.65. The Kier molecular flexibility index (Phi) is 4.92. The van der Waals surface area contributed by atoms with E-state index in [2.05, 4.69) is 17.1 Å². The van der Waals surface area contributed by atoms with Gasteiger partial charge in [0, 0.05) is 31.4 Å². The molecule has 0 spiro atoms. The van der Waals surface area contributed by atoms with Crippen molar-refractivity contribution in [1.29, 1.82) is 0 Å². The predicted octanol–water partition coefficient (Wildman–Crippen LogP) is 1.11. The lowest BCUT2D eigenvalue weighted by molar-refractivity contribution is -0.159. The predicted molar refractivity (Wildman–Crippen MR) is 75.0 cm³/mol. The third-order valence-corrected chi connectivity index (χ3v) is 5.47. The molecule has 0 aliphatic carbocycles. The van der Waals surface area contributed by atoms with Gasteiger partial charge in [0.05, 0.1) is 6.61 Å². The zero-order valence-corrected chi connectivity index (χ0v) is 12.2. The number of thioether (sulfide) groups is 1. The van der Waals surface area contributed by atoms with E-state index in [0.29, 0.717) is 11.9 Å². The molecule has 2 heterocycles. The van der Waals surface area contributed by atoms with Crippen molar-refractivity contribution in [2.24, 2.45) is 0 Å². The number of nitrogens with one attached hydrogen (secondary N) is 1. The van der Waals surface area contributed by atoms with Crippen molar-refractivity contribution in [2.45, 2.75) is 37.5 Å². The van der Waals surface area contributed by atoms with Crippen molar-refractivity contribution in [3.8, 4) is 0 Å². The Bertz CT molecular complexity index is 295. The van der Waals surface area contributed by atoms with Crippen molar-refractivity contribution in [1.82, 2.24) is 10.2 Å². The van der Waals surface area contributed by atoms with E-state index in [1.54, 1.807) is 0 Å². The summed E-state index contributed by atoms with van der Waals surface area (Å²) in [5.74, 6) is 1.15. The maximum Gasteiger partial charge on any atom is 0.327 e. The van der Waals surface area contributed by atoms with Crippen LogP contribution in [-0.2, 0) is 9.53 Å². The molecular formula is C13H24N2O2S. The second-order valence-electron chi connectivity index (χ2n) is 5.00. The van der Waals surface area contributed by atoms with E-state index in [1.165, 1.54) is 0 Å². The summed E-state index contributed by atoms with van der Waals surface area (Å²) >= 11 is 1.91. The van der Waals surface area contributed by atoms with Crippen LogP contribution in [-0.4, -0.2) is 60.2 Å². The SMILES string of the molecule is CCOC(=O)C1(N2CCNCC2)CCCSC1C. The van der Waals surface area contributed by atoms with Crippen molar-refractivity contribution in [3.63, 3.8) is 0 Å². The van der Waals surface area contributed by atoms with Crippen LogP contribution in [0.2, 0.25) is 0 Å². The maximum absolute atomic E-state index is 12.5. The van der Waals surface area contributed by atoms with Crippen molar-refractivity contribution < 1.29 is 9.53 Å². The molecule has 2 rings (SSSR count). The minimum Gasteiger partial charge on any atom is -0.465 e. The second kappa shape index (κ2) is 6.26. The standard InChI is InChI=1S/C13H24N2O2S/c1-3-17-12(16)13(5-4-10-18-11(13)2)15-8-6-14-7-9-15/h11,14H,3-10H2,1-2H3. The van der Waals surface area contributed by atoms with Gasteiger partial charge in [0.25, 0.3) is 0 Å². The topological polar surface area (TPSA) is 41.6 Å². The van der Waals surface area contributed by atoms with Crippen LogP contribution in [0.3, 0.4) is 0 Å². The quantitative estimate of drug-likeness (QED) is 0.780. The fourth-order valence-electron chi connectivity index (χ4n) is 3.08. The van der Waals surface area contributed by atoms with Gasteiger partial charge in [-0.15, -0.1) is 0 Å². The molecule has 0 aromatic rings. The molecule has 2 aliphatic heterocycles. The molecule has 18 heavy (non-hydrogen) atoms. The van der Waals surface area contributed by atoms with Gasteiger partial charge in [-0.1, -0.05) is 6.92 Å². The van der Waals surface area contributed by atoms with Crippen LogP contribution in [0.25, 0.3) is 0 Å². The zero-order chi connectivity index (χ0) is 13.0. The number of carbonyl (C=O) groups excluding carboxylic acids is 1. The summed E-state index contributed by atoms with van der Waals surface area (Å²) in [7, 11) is 0. The smallest absolute Gasteiger partial charge is 0.327 e. The Labute approximate surface area is 114 Å². The normalized spacial score (nSPS) is 34.2. The van der Waals surface area contributed by atoms with Gasteiger partial charge in [-0.25, -0.2) is 4.79 Å². The highest BCUT2D eigenvalue weighted by Gasteiger charge is 2.51. The summed E-state index contributed by atoms with van der Waals surface area (Å²) in [6, 6.07) is 0. The van der Waals surface area contributed by atoms with Crippen LogP contribution in [0.1, 0.15) is 26.7 Å². The number of carbonyl (C=O) groups is 1. The fraction of sp³-hybridized carbons (Fsp3) is 0.923. The van der Waals surface area contributed by atoms with E-state index >= 15 is 0 Å². The molecule has 0 amide bonds. The number of piperazine rings is 1. The summed E-state index contributed by atoms with van der Waals surface area (Å²) in [5, 5.41) is 3.68. The van der Waals surface area contributed by atoms with Gasteiger partial charge in [-0.05, 0) is 25.5 Å². The van der Waals surface area contributed by atoms with E-state index < -0.39 is 0 Å². The average molecular weight is 272 g/mol. The summed E-state index contributed by atoms with van der Waals surface area (Å²) in [6.07, 6.45) is 2.05. The number of esters is 1. The van der Waals surface area contributed by atoms with Crippen LogP contribution in [0, 0.1) is 0 Å². The Hall–Kier alpha value is -0.260. The monoisotopic (exact) mass is 272 g/mol. The zero-order valence-electron chi connectivity index (χ0n) is 11.4. The molecule has 0 aromatic heterocycles. The molecule has 4 nitrogen and oxygen atoms in total. The number of hydrogen-bond acceptors (Lipinski definition) is 5. The van der Waals surface area contributed by atoms with Gasteiger partial charge in [-0.2, -0.15) is 11.8 Å². The molecule has 1 N–H and O–H groups in total. The molecule has 2 saturated heterocycles. The molecule has 2 unspecified atom stereocenters. The highest BCUT2D eigenvalue weighted by molar-refractivity contribution is 8.00. The Morgan fingerprint density at radius 2 is 2.22 bits per heavy atom. The van der Waals surface area contributed by atoms with Gasteiger partial charge in [0.1, 0.15) is 5.54 Å². The minimum absolute atomic E-state index is 0.00778. The summed E-state index contributed by atoms with van der Waals surface area (Å²) < 4.78 is 5.39. The summed E-state index contributed by atoms with van der Waals surface area (Å²) in [5.41, 5.74) is -0.388. The van der Waals surface area contributed by atoms with E-state index in [1.807, 2.05) is 18.7 Å². The summed E-state index contributed by atoms with van der Waals surface area (Å²) in [6.45, 7) is 8.39. The van der Waals surface area contributed by atoms with Crippen LogP contribution in [0.5, 0.6) is 0 Å². The first-order valence-corrected chi connectivity index (χ1v) is 8.01. The van der Waals surface area contributed by atoms with Gasteiger partial charge in [-0.3, -0.25) is 4.90 Å². The van der Waals surface area contributed by atoms with E-state index in [9.17, 15) is 4.79 Å². The molecular weight excluding hydrogens is 248 g/mol. The van der Waals surface area contributed by atoms with Crippen LogP contribution in [0.15, 0.2) is 0 Å². The fourth-order valence-corrected chi connectivity index (χ4v) is 4.38. The molecule has 0 bridgehead atoms. The highest BCUT2D eigenvalue weighted by atomic mass is 32.2. The van der Waals surface area contributed by atoms with Gasteiger partial charge in [0.15, 0.2) is 0 Å². The molecule has 0 saturated carbocycles. The third-order valence-electron chi connectivity index (χ3n) is 4.05. The molecule has 0 radical (unpaired) electrons. The Balaban J connectivity index is 2.22. The van der Waals surface area contributed by atoms with Crippen molar-refractivity contribution >= 4 is 17.7 Å². The first-order valence-electron chi connectivity index (χ1n) is 6.96. The Morgan fingerprint density at radius 1 is 1.50 bits per heavy atom. The van der Waals surface area contributed by atoms with E-state index in [4.69, 9.17) is 4.74 Å². The van der Waals surface area contributed by atoms with Gasteiger partial charge < -0.3 is 10.1 Å². The number of nitrogens with zero attached hydrogens (tertiary/aromatic N) is 1. The van der Waals surface area contributed by atoms with Gasteiger partial charge >= 0.3 is 5.97 Å². The summed E-state index contributed by atoms with van der Waals surface area (Å²) in [4.78, 5) is 14.9. The van der Waals surface area contributed by atoms with Crippen LogP contribution in [0.4, 0.5) is 0 Å². The molecule has 0 aromatic carbocycles. The third kappa shape index (κ3) is 2.53. The molecule has 2 aliphatic rings. The lowest BCUT2D eigenvalue weighted by Gasteiger charge is -2.49. The molecule has 104 valence electrons. The molecule has 2 atom stereocenters. The van der Waals surface area contributed by atoms with Crippen LogP contribution >= 0.6 is 11.8 Å². The second-order valence-corrected chi connectivity index (χ2v) is 6.45. The largest absolute Gasteiger partial charge is 0.465 e. The van der Waals surface area contributed by atoms with Crippen LogP contribution < -0.4 is 5.32 Å². The lowest BCUT2D eigenvalue weighted by atomic mass is 9.86. The van der Waals surface area contributed by atoms with E-state index in [-0.39, 0.29) is 11.5 Å². The highest BCUT2D eigenvalue weighted by Crippen LogP contribution is 2.39. The van der Waals surface area contributed by atoms with Crippen molar-refractivity contribution in [2.75, 3.05) is 38.5 Å². The average Bonchev–Trinajstić information content (AvgIpc) is 2.41. The number of hydrogen-bond donors (Lipinski definition) is 1. The molecule has 5 heteroatoms. The van der Waals surface area contributed by atoms with Crippen molar-refractivity contribution in [3.05, 3.63) is 0 Å². The number of rotatable bonds is 3. The Morgan fingerprint density at radius 3 is 2.83 bits per heavy atom. The van der Waals surface area contributed by atoms with Gasteiger partial charge in [0.2, 0.25) is 0 Å². The minimum atomic E-state index is -0.388. The maximum atomic E-state index is 12.5. The van der Waals surface area contributed by atoms with E-state index in [0.717, 1.165) is 44.8 Å². The number of ether oxygens (including phenoxy) is 1. The molecule has 2 fully saturated rings. The first kappa shape index (κ1) is 14.2. The first-order chi connectivity index (χ1) is 8.71.